The number of urea groups is 1. The minimum Gasteiger partial charge on any atom is -0.497 e. The molecule has 2 heterocycles. The molecule has 8 nitrogen and oxygen atoms in total. The second-order valence-corrected chi connectivity index (χ2v) is 8.06. The summed E-state index contributed by atoms with van der Waals surface area (Å²) in [5.74, 6) is 2.20. The first-order chi connectivity index (χ1) is 17.6. The highest BCUT2D eigenvalue weighted by Crippen LogP contribution is 2.37. The minimum atomic E-state index is -2.57. The molecule has 0 radical (unpaired) electrons. The van der Waals surface area contributed by atoms with Gasteiger partial charge in [-0.3, -0.25) is 0 Å². The average Bonchev–Trinajstić information content (AvgIpc) is 2.84. The number of fused-ring (bicyclic) bond motifs is 1. The van der Waals surface area contributed by atoms with Crippen molar-refractivity contribution in [2.24, 2.45) is 0 Å². The van der Waals surface area contributed by atoms with E-state index in [1.165, 1.54) is 17.0 Å². The predicted molar refractivity (Wildman–Crippen MR) is 129 cm³/mol. The summed E-state index contributed by atoms with van der Waals surface area (Å²) in [6.07, 6.45) is -0.0869. The van der Waals surface area contributed by atoms with Crippen molar-refractivity contribution in [1.82, 2.24) is 9.88 Å². The van der Waals surface area contributed by atoms with Gasteiger partial charge in [-0.1, -0.05) is 6.07 Å². The molecule has 178 valence electrons. The zero-order valence-electron chi connectivity index (χ0n) is 22.6. The molecule has 1 aliphatic rings. The third-order valence-corrected chi connectivity index (χ3v) is 5.36. The molecule has 0 N–H and O–H groups in total. The summed E-state index contributed by atoms with van der Waals surface area (Å²) in [6.45, 7) is 4.46. The van der Waals surface area contributed by atoms with Crippen molar-refractivity contribution in [3.05, 3.63) is 65.7 Å². The van der Waals surface area contributed by atoms with Gasteiger partial charge in [0.15, 0.2) is 11.5 Å². The molecule has 1 aliphatic heterocycles. The Hall–Kier alpha value is -3.94. The van der Waals surface area contributed by atoms with Crippen LogP contribution in [0.15, 0.2) is 54.6 Å². The number of carbonyl (C=O) groups excluding carboxylic acids is 1. The van der Waals surface area contributed by atoms with Crippen LogP contribution in [0.2, 0.25) is 0 Å². The molecule has 2 aromatic carbocycles. The van der Waals surface area contributed by atoms with Gasteiger partial charge >= 0.3 is 6.03 Å². The molecular formula is C26H29N3O5. The number of rotatable bonds is 8. The Bertz CT molecular complexity index is 1270. The number of pyridine rings is 1. The topological polar surface area (TPSA) is 73.4 Å². The highest BCUT2D eigenvalue weighted by molar-refractivity contribution is 6.00. The van der Waals surface area contributed by atoms with Crippen molar-refractivity contribution in [2.75, 3.05) is 26.2 Å². The number of methoxy groups -OCH3 is 3. The van der Waals surface area contributed by atoms with E-state index in [1.54, 1.807) is 43.4 Å². The molecule has 0 fully saturated rings. The molecule has 0 saturated carbocycles. The van der Waals surface area contributed by atoms with Gasteiger partial charge in [0.2, 0.25) is 5.88 Å². The monoisotopic (exact) mass is 466 g/mol. The van der Waals surface area contributed by atoms with Crippen LogP contribution in [-0.2, 0) is 13.1 Å². The molecule has 0 unspecified atom stereocenters. The van der Waals surface area contributed by atoms with Crippen LogP contribution in [0, 0.1) is 0 Å². The van der Waals surface area contributed by atoms with Crippen LogP contribution >= 0.6 is 0 Å². The van der Waals surface area contributed by atoms with Crippen molar-refractivity contribution in [3.8, 4) is 23.1 Å². The Labute approximate surface area is 203 Å². The van der Waals surface area contributed by atoms with Gasteiger partial charge in [-0.2, -0.15) is 4.98 Å². The van der Waals surface area contributed by atoms with E-state index < -0.39 is 7.04 Å². The normalized spacial score (nSPS) is 14.7. The summed E-state index contributed by atoms with van der Waals surface area (Å²) < 4.78 is 43.4. The molecule has 1 aromatic heterocycles. The van der Waals surface area contributed by atoms with Crippen LogP contribution in [0.3, 0.4) is 0 Å². The van der Waals surface area contributed by atoms with Crippen molar-refractivity contribution in [1.29, 1.82) is 0 Å². The Morgan fingerprint density at radius 3 is 2.44 bits per heavy atom. The lowest BCUT2D eigenvalue weighted by Crippen LogP contribution is -2.44. The second-order valence-electron chi connectivity index (χ2n) is 8.06. The quantitative estimate of drug-likeness (QED) is 0.456. The number of carbonyl (C=O) groups is 1. The van der Waals surface area contributed by atoms with E-state index in [0.29, 0.717) is 42.0 Å². The smallest absolute Gasteiger partial charge is 0.330 e. The van der Waals surface area contributed by atoms with Crippen molar-refractivity contribution in [3.63, 3.8) is 0 Å². The second kappa shape index (κ2) is 9.91. The van der Waals surface area contributed by atoms with Gasteiger partial charge in [0.25, 0.3) is 0 Å². The number of ether oxygens (including phenoxy) is 4. The first-order valence-electron chi connectivity index (χ1n) is 12.3. The zero-order valence-corrected chi connectivity index (χ0v) is 19.6. The van der Waals surface area contributed by atoms with Crippen LogP contribution in [0.25, 0.3) is 0 Å². The predicted octanol–water partition coefficient (Wildman–Crippen LogP) is 5.17. The van der Waals surface area contributed by atoms with E-state index in [9.17, 15) is 4.79 Å². The van der Waals surface area contributed by atoms with Gasteiger partial charge < -0.3 is 23.8 Å². The lowest BCUT2D eigenvalue weighted by atomic mass is 10.1. The molecule has 0 saturated heterocycles. The first kappa shape index (κ1) is 19.5. The first-order valence-corrected chi connectivity index (χ1v) is 10.8. The van der Waals surface area contributed by atoms with Crippen LogP contribution in [-0.4, -0.2) is 43.3 Å². The van der Waals surface area contributed by atoms with E-state index in [-0.39, 0.29) is 17.9 Å². The summed E-state index contributed by atoms with van der Waals surface area (Å²) in [4.78, 5) is 21.6. The lowest BCUT2D eigenvalue weighted by Gasteiger charge is -2.36. The number of aromatic nitrogens is 1. The standard InChI is InChI=1S/C26H29N3O5/c1-17(2)34-24-13-7-19-16-28(15-18-6-12-22(32-4)23(14-18)33-5)26(30)29(25(19)27-24)20-8-10-21(31-3)11-9-20/h6-14,17H,15-16H2,1-5H3/i3D3. The summed E-state index contributed by atoms with van der Waals surface area (Å²) in [7, 11) is 0.558. The van der Waals surface area contributed by atoms with Crippen molar-refractivity contribution < 1.29 is 27.9 Å². The number of anilines is 2. The molecule has 34 heavy (non-hydrogen) atoms. The summed E-state index contributed by atoms with van der Waals surface area (Å²) in [5, 5.41) is 0. The molecular weight excluding hydrogens is 434 g/mol. The highest BCUT2D eigenvalue weighted by Gasteiger charge is 2.33. The molecule has 3 aromatic rings. The fraction of sp³-hybridized carbons (Fsp3) is 0.308. The number of nitrogens with zero attached hydrogens (tertiary/aromatic N) is 3. The van der Waals surface area contributed by atoms with Gasteiger partial charge in [0.05, 0.1) is 43.7 Å². The van der Waals surface area contributed by atoms with Gasteiger partial charge in [0.1, 0.15) is 11.6 Å². The molecule has 4 rings (SSSR count). The van der Waals surface area contributed by atoms with Crippen LogP contribution in [0.4, 0.5) is 16.3 Å². The van der Waals surface area contributed by atoms with Gasteiger partial charge in [-0.15, -0.1) is 0 Å². The number of benzene rings is 2. The lowest BCUT2D eigenvalue weighted by molar-refractivity contribution is 0.197. The van der Waals surface area contributed by atoms with Crippen LogP contribution < -0.4 is 23.8 Å². The number of hydrogen-bond donors (Lipinski definition) is 0. The summed E-state index contributed by atoms with van der Waals surface area (Å²) >= 11 is 0. The molecule has 0 atom stereocenters. The third-order valence-electron chi connectivity index (χ3n) is 5.36. The summed E-state index contributed by atoms with van der Waals surface area (Å²) in [5.41, 5.74) is 2.21. The van der Waals surface area contributed by atoms with Gasteiger partial charge in [-0.05, 0) is 61.9 Å². The molecule has 0 bridgehead atoms. The molecule has 2 amide bonds. The van der Waals surface area contributed by atoms with Gasteiger partial charge in [-0.25, -0.2) is 9.69 Å². The van der Waals surface area contributed by atoms with E-state index in [2.05, 4.69) is 4.98 Å². The zero-order chi connectivity index (χ0) is 26.7. The van der Waals surface area contributed by atoms with Crippen LogP contribution in [0.1, 0.15) is 29.1 Å². The van der Waals surface area contributed by atoms with Crippen molar-refractivity contribution >= 4 is 17.5 Å². The van der Waals surface area contributed by atoms with E-state index in [4.69, 9.17) is 23.1 Å². The minimum absolute atomic E-state index is 0.0869. The SMILES string of the molecule is [2H]C([2H])([2H])Oc1ccc(N2C(=O)N(Cc3ccc(OC)c(OC)c3)Cc3ccc(OC(C)C)nc32)cc1. The maximum atomic E-state index is 13.8. The molecule has 0 aliphatic carbocycles. The largest absolute Gasteiger partial charge is 0.497 e. The Morgan fingerprint density at radius 1 is 1.00 bits per heavy atom. The van der Waals surface area contributed by atoms with Crippen LogP contribution in [0.5, 0.6) is 23.1 Å². The third kappa shape index (κ3) is 4.71. The van der Waals surface area contributed by atoms with E-state index in [0.717, 1.165) is 11.1 Å². The highest BCUT2D eigenvalue weighted by atomic mass is 16.5. The van der Waals surface area contributed by atoms with Crippen molar-refractivity contribution in [2.45, 2.75) is 33.0 Å². The maximum absolute atomic E-state index is 13.8. The van der Waals surface area contributed by atoms with E-state index >= 15 is 0 Å². The van der Waals surface area contributed by atoms with E-state index in [1.807, 2.05) is 32.0 Å². The Kier molecular flexibility index (Phi) is 5.69. The fourth-order valence-corrected chi connectivity index (χ4v) is 3.81. The average molecular weight is 467 g/mol. The number of hydrogen-bond acceptors (Lipinski definition) is 6. The molecule has 0 spiro atoms. The maximum Gasteiger partial charge on any atom is 0.330 e. The summed E-state index contributed by atoms with van der Waals surface area (Å²) in [6, 6.07) is 15.2. The Morgan fingerprint density at radius 2 is 1.76 bits per heavy atom. The number of amides is 2. The fourth-order valence-electron chi connectivity index (χ4n) is 3.81. The Balaban J connectivity index is 1.70. The van der Waals surface area contributed by atoms with Gasteiger partial charge in [0, 0.05) is 18.2 Å². The molecule has 8 heteroatoms.